The van der Waals surface area contributed by atoms with Crippen LogP contribution in [0.5, 0.6) is 5.75 Å². The van der Waals surface area contributed by atoms with Crippen LogP contribution in [0.15, 0.2) is 48.5 Å². The van der Waals surface area contributed by atoms with E-state index in [1.54, 1.807) is 6.07 Å². The minimum atomic E-state index is -1.21. The lowest BCUT2D eigenvalue weighted by Gasteiger charge is -2.07. The van der Waals surface area contributed by atoms with Crippen molar-refractivity contribution in [3.05, 3.63) is 65.2 Å². The molecule has 0 heterocycles. The average Bonchev–Trinajstić information content (AvgIpc) is 2.47. The maximum absolute atomic E-state index is 11.9. The number of carbonyl (C=O) groups excluding carboxylic acids is 1. The van der Waals surface area contributed by atoms with E-state index in [0.29, 0.717) is 0 Å². The third-order valence-corrected chi connectivity index (χ3v) is 2.69. The summed E-state index contributed by atoms with van der Waals surface area (Å²) in [5, 5.41) is 17.8. The van der Waals surface area contributed by atoms with Gasteiger partial charge in [-0.1, -0.05) is 12.1 Å². The molecule has 0 aromatic heterocycles. The largest absolute Gasteiger partial charge is 0.478 e. The molecule has 2 N–H and O–H groups in total. The van der Waals surface area contributed by atoms with Crippen LogP contribution in [0.2, 0.25) is 0 Å². The first-order valence-electron chi connectivity index (χ1n) is 5.87. The van der Waals surface area contributed by atoms with Gasteiger partial charge in [0.05, 0.1) is 11.1 Å². The molecule has 0 spiro atoms. The lowest BCUT2D eigenvalue weighted by molar-refractivity contribution is 0.0670. The summed E-state index contributed by atoms with van der Waals surface area (Å²) < 4.78 is 5.03. The Labute approximate surface area is 119 Å². The van der Waals surface area contributed by atoms with Crippen LogP contribution in [-0.4, -0.2) is 28.1 Å². The molecule has 0 saturated carbocycles. The smallest absolute Gasteiger partial charge is 0.343 e. The zero-order valence-electron chi connectivity index (χ0n) is 10.6. The Morgan fingerprint density at radius 2 is 1.33 bits per heavy atom. The standard InChI is InChI=1S/C15H10O6/c16-13(17)9-5-7-10(8-6-9)15(20)21-12-4-2-1-3-11(12)14(18)19/h1-8H,(H,16,17)(H,18,19). The molecule has 106 valence electrons. The molecule has 21 heavy (non-hydrogen) atoms. The summed E-state index contributed by atoms with van der Waals surface area (Å²) in [5.41, 5.74) is 0.0330. The molecule has 2 aromatic rings. The second kappa shape index (κ2) is 5.87. The molecular formula is C15H10O6. The molecule has 0 atom stereocenters. The SMILES string of the molecule is O=C(O)c1ccc(C(=O)Oc2ccccc2C(=O)O)cc1. The van der Waals surface area contributed by atoms with Gasteiger partial charge in [0.15, 0.2) is 0 Å². The summed E-state index contributed by atoms with van der Waals surface area (Å²) in [7, 11) is 0. The van der Waals surface area contributed by atoms with Gasteiger partial charge in [-0.15, -0.1) is 0 Å². The van der Waals surface area contributed by atoms with Crippen molar-refractivity contribution in [2.45, 2.75) is 0 Å². The van der Waals surface area contributed by atoms with E-state index in [9.17, 15) is 14.4 Å². The molecule has 0 amide bonds. The maximum Gasteiger partial charge on any atom is 0.343 e. The lowest BCUT2D eigenvalue weighted by atomic mass is 10.1. The highest BCUT2D eigenvalue weighted by Crippen LogP contribution is 2.19. The fraction of sp³-hybridized carbons (Fsp3) is 0. The quantitative estimate of drug-likeness (QED) is 0.660. The number of carbonyl (C=O) groups is 3. The normalized spacial score (nSPS) is 9.90. The van der Waals surface area contributed by atoms with Crippen molar-refractivity contribution in [2.75, 3.05) is 0 Å². The van der Waals surface area contributed by atoms with Gasteiger partial charge >= 0.3 is 17.9 Å². The number of esters is 1. The van der Waals surface area contributed by atoms with Gasteiger partial charge in [-0.3, -0.25) is 0 Å². The Morgan fingerprint density at radius 1 is 0.762 bits per heavy atom. The number of carboxylic acids is 2. The minimum absolute atomic E-state index is 0.0393. The van der Waals surface area contributed by atoms with Crippen molar-refractivity contribution in [3.63, 3.8) is 0 Å². The summed E-state index contributed by atoms with van der Waals surface area (Å²) in [4.78, 5) is 33.6. The van der Waals surface area contributed by atoms with Crippen LogP contribution in [-0.2, 0) is 0 Å². The fourth-order valence-corrected chi connectivity index (χ4v) is 1.64. The number of benzene rings is 2. The third kappa shape index (κ3) is 3.24. The van der Waals surface area contributed by atoms with Crippen molar-refractivity contribution in [3.8, 4) is 5.75 Å². The number of ether oxygens (including phenoxy) is 1. The number of rotatable bonds is 4. The molecule has 6 heteroatoms. The van der Waals surface area contributed by atoms with Gasteiger partial charge in [-0.05, 0) is 36.4 Å². The van der Waals surface area contributed by atoms with Crippen LogP contribution in [0.1, 0.15) is 31.1 Å². The van der Waals surface area contributed by atoms with Gasteiger partial charge in [0.25, 0.3) is 0 Å². The van der Waals surface area contributed by atoms with Crippen LogP contribution in [0, 0.1) is 0 Å². The molecule has 2 aromatic carbocycles. The number of aromatic carboxylic acids is 2. The summed E-state index contributed by atoms with van der Waals surface area (Å²) in [5.74, 6) is -3.15. The molecule has 2 rings (SSSR count). The lowest BCUT2D eigenvalue weighted by Crippen LogP contribution is -2.11. The van der Waals surface area contributed by atoms with Gasteiger partial charge in [0, 0.05) is 0 Å². The molecule has 0 bridgehead atoms. The van der Waals surface area contributed by atoms with E-state index in [1.165, 1.54) is 42.5 Å². The topological polar surface area (TPSA) is 101 Å². The van der Waals surface area contributed by atoms with E-state index in [-0.39, 0.29) is 22.4 Å². The Morgan fingerprint density at radius 3 is 1.90 bits per heavy atom. The number of carboxylic acid groups (broad SMARTS) is 2. The highest BCUT2D eigenvalue weighted by molar-refractivity contribution is 5.96. The van der Waals surface area contributed by atoms with E-state index < -0.39 is 17.9 Å². The van der Waals surface area contributed by atoms with Gasteiger partial charge in [0.2, 0.25) is 0 Å². The number of para-hydroxylation sites is 1. The maximum atomic E-state index is 11.9. The van der Waals surface area contributed by atoms with Crippen LogP contribution in [0.4, 0.5) is 0 Å². The van der Waals surface area contributed by atoms with Gasteiger partial charge in [0.1, 0.15) is 11.3 Å². The first-order chi connectivity index (χ1) is 9.99. The van der Waals surface area contributed by atoms with Crippen molar-refractivity contribution >= 4 is 17.9 Å². The molecular weight excluding hydrogens is 276 g/mol. The van der Waals surface area contributed by atoms with E-state index in [1.807, 2.05) is 0 Å². The number of hydrogen-bond acceptors (Lipinski definition) is 4. The summed E-state index contributed by atoms with van der Waals surface area (Å²) in [6.45, 7) is 0. The highest BCUT2D eigenvalue weighted by atomic mass is 16.5. The predicted octanol–water partition coefficient (Wildman–Crippen LogP) is 2.30. The highest BCUT2D eigenvalue weighted by Gasteiger charge is 2.15. The van der Waals surface area contributed by atoms with Gasteiger partial charge in [-0.2, -0.15) is 0 Å². The average molecular weight is 286 g/mol. The van der Waals surface area contributed by atoms with Crippen molar-refractivity contribution in [1.29, 1.82) is 0 Å². The Balaban J connectivity index is 2.22. The zero-order chi connectivity index (χ0) is 15.4. The monoisotopic (exact) mass is 286 g/mol. The van der Waals surface area contributed by atoms with Crippen LogP contribution < -0.4 is 4.74 Å². The second-order valence-electron chi connectivity index (χ2n) is 4.07. The molecule has 0 unspecified atom stereocenters. The van der Waals surface area contributed by atoms with E-state index in [4.69, 9.17) is 14.9 Å². The minimum Gasteiger partial charge on any atom is -0.478 e. The Bertz CT molecular complexity index is 702. The van der Waals surface area contributed by atoms with Gasteiger partial charge < -0.3 is 14.9 Å². The third-order valence-electron chi connectivity index (χ3n) is 2.69. The van der Waals surface area contributed by atoms with Crippen molar-refractivity contribution < 1.29 is 29.3 Å². The van der Waals surface area contributed by atoms with Crippen molar-refractivity contribution in [1.82, 2.24) is 0 Å². The molecule has 0 radical (unpaired) electrons. The summed E-state index contributed by atoms with van der Waals surface area (Å²) >= 11 is 0. The molecule has 0 saturated heterocycles. The van der Waals surface area contributed by atoms with Crippen LogP contribution in [0.3, 0.4) is 0 Å². The molecule has 0 fully saturated rings. The molecule has 0 aliphatic rings. The number of hydrogen-bond donors (Lipinski definition) is 2. The van der Waals surface area contributed by atoms with E-state index >= 15 is 0 Å². The first-order valence-corrected chi connectivity index (χ1v) is 5.87. The Hall–Kier alpha value is -3.15. The van der Waals surface area contributed by atoms with Gasteiger partial charge in [-0.25, -0.2) is 14.4 Å². The predicted molar refractivity (Wildman–Crippen MR) is 71.8 cm³/mol. The van der Waals surface area contributed by atoms with Crippen LogP contribution >= 0.6 is 0 Å². The Kier molecular flexibility index (Phi) is 3.99. The second-order valence-corrected chi connectivity index (χ2v) is 4.07. The molecule has 0 aliphatic heterocycles. The first kappa shape index (κ1) is 14.3. The van der Waals surface area contributed by atoms with E-state index in [0.717, 1.165) is 0 Å². The van der Waals surface area contributed by atoms with Crippen LogP contribution in [0.25, 0.3) is 0 Å². The summed E-state index contributed by atoms with van der Waals surface area (Å²) in [6, 6.07) is 10.9. The molecule has 6 nitrogen and oxygen atoms in total. The zero-order valence-corrected chi connectivity index (χ0v) is 10.6. The fourth-order valence-electron chi connectivity index (χ4n) is 1.64. The molecule has 0 aliphatic carbocycles. The summed E-state index contributed by atoms with van der Waals surface area (Å²) in [6.07, 6.45) is 0. The van der Waals surface area contributed by atoms with Crippen molar-refractivity contribution in [2.24, 2.45) is 0 Å². The van der Waals surface area contributed by atoms with E-state index in [2.05, 4.69) is 0 Å².